The molecule has 0 bridgehead atoms. The highest BCUT2D eigenvalue weighted by atomic mass is 35.5. The molecule has 1 amide bonds. The number of hydrogen-bond acceptors (Lipinski definition) is 4. The van der Waals surface area contributed by atoms with E-state index in [1.54, 1.807) is 28.6 Å². The number of amides is 1. The molecule has 8 heteroatoms. The molecule has 0 radical (unpaired) electrons. The Morgan fingerprint density at radius 2 is 2.19 bits per heavy atom. The van der Waals surface area contributed by atoms with Crippen LogP contribution in [0.5, 0.6) is 0 Å². The average molecular weight is 423 g/mol. The van der Waals surface area contributed by atoms with Gasteiger partial charge in [0, 0.05) is 31.0 Å². The van der Waals surface area contributed by atoms with Crippen LogP contribution in [0.25, 0.3) is 0 Å². The van der Waals surface area contributed by atoms with Crippen molar-refractivity contribution in [3.63, 3.8) is 0 Å². The van der Waals surface area contributed by atoms with Gasteiger partial charge in [-0.3, -0.25) is 14.4 Å². The molecule has 1 saturated carbocycles. The highest BCUT2D eigenvalue weighted by Crippen LogP contribution is 2.49. The van der Waals surface area contributed by atoms with E-state index >= 15 is 0 Å². The number of rotatable bonds is 4. The molecule has 0 spiro atoms. The summed E-state index contributed by atoms with van der Waals surface area (Å²) in [5.41, 5.74) is 1.85. The zero-order valence-electron chi connectivity index (χ0n) is 15.1. The summed E-state index contributed by atoms with van der Waals surface area (Å²) < 4.78 is 1.78. The maximum atomic E-state index is 13.2. The SMILES string of the molecule is CCC1CSC(=Nc2ccc(Cl)c(Cl)c2)N1C(=O)C1CC1c1cnn(C)c1. The van der Waals surface area contributed by atoms with Crippen molar-refractivity contribution < 1.29 is 4.79 Å². The van der Waals surface area contributed by atoms with Crippen LogP contribution in [0.2, 0.25) is 10.0 Å². The molecule has 142 valence electrons. The first kappa shape index (κ1) is 18.8. The van der Waals surface area contributed by atoms with Gasteiger partial charge in [-0.2, -0.15) is 5.10 Å². The lowest BCUT2D eigenvalue weighted by molar-refractivity contribution is -0.129. The average Bonchev–Trinajstić information content (AvgIpc) is 3.17. The molecular weight excluding hydrogens is 403 g/mol. The van der Waals surface area contributed by atoms with Gasteiger partial charge in [-0.1, -0.05) is 41.9 Å². The summed E-state index contributed by atoms with van der Waals surface area (Å²) in [5, 5.41) is 5.94. The molecule has 3 unspecified atom stereocenters. The van der Waals surface area contributed by atoms with Crippen LogP contribution in [0, 0.1) is 5.92 Å². The lowest BCUT2D eigenvalue weighted by Gasteiger charge is -2.23. The van der Waals surface area contributed by atoms with Gasteiger partial charge in [-0.25, -0.2) is 4.99 Å². The van der Waals surface area contributed by atoms with Crippen LogP contribution >= 0.6 is 35.0 Å². The first-order valence-corrected chi connectivity index (χ1v) is 10.7. The van der Waals surface area contributed by atoms with E-state index in [9.17, 15) is 4.79 Å². The monoisotopic (exact) mass is 422 g/mol. The minimum Gasteiger partial charge on any atom is -0.287 e. The number of thioether (sulfide) groups is 1. The quantitative estimate of drug-likeness (QED) is 0.705. The van der Waals surface area contributed by atoms with E-state index in [0.717, 1.165) is 29.3 Å². The van der Waals surface area contributed by atoms with Crippen molar-refractivity contribution in [2.24, 2.45) is 18.0 Å². The second-order valence-corrected chi connectivity index (χ2v) is 8.77. The van der Waals surface area contributed by atoms with Gasteiger partial charge in [-0.05, 0) is 42.5 Å². The third-order valence-electron chi connectivity index (χ3n) is 5.07. The lowest BCUT2D eigenvalue weighted by Crippen LogP contribution is -2.40. The molecule has 3 atom stereocenters. The molecule has 1 aliphatic carbocycles. The molecule has 5 nitrogen and oxygen atoms in total. The smallest absolute Gasteiger partial charge is 0.232 e. The van der Waals surface area contributed by atoms with E-state index < -0.39 is 0 Å². The number of hydrogen-bond donors (Lipinski definition) is 0. The van der Waals surface area contributed by atoms with Crippen LogP contribution in [0.15, 0.2) is 35.6 Å². The van der Waals surface area contributed by atoms with Crippen LogP contribution in [0.1, 0.15) is 31.2 Å². The molecule has 0 N–H and O–H groups in total. The molecule has 1 aromatic carbocycles. The van der Waals surface area contributed by atoms with Crippen molar-refractivity contribution >= 4 is 51.7 Å². The van der Waals surface area contributed by atoms with Crippen LogP contribution in [-0.4, -0.2) is 37.5 Å². The highest BCUT2D eigenvalue weighted by molar-refractivity contribution is 8.14. The molecule has 2 heterocycles. The molecule has 2 aliphatic rings. The number of carbonyl (C=O) groups is 1. The number of aryl methyl sites for hydroxylation is 1. The zero-order valence-corrected chi connectivity index (χ0v) is 17.4. The van der Waals surface area contributed by atoms with Crippen molar-refractivity contribution in [2.75, 3.05) is 5.75 Å². The molecule has 1 saturated heterocycles. The summed E-state index contributed by atoms with van der Waals surface area (Å²) in [6.45, 7) is 2.11. The second-order valence-electron chi connectivity index (χ2n) is 6.97. The van der Waals surface area contributed by atoms with Gasteiger partial charge in [0.05, 0.1) is 21.9 Å². The zero-order chi connectivity index (χ0) is 19.1. The summed E-state index contributed by atoms with van der Waals surface area (Å²) in [6, 6.07) is 5.46. The predicted octanol–water partition coefficient (Wildman–Crippen LogP) is 4.87. The molecule has 2 fully saturated rings. The van der Waals surface area contributed by atoms with Gasteiger partial charge in [0.1, 0.15) is 0 Å². The Labute approximate surface area is 172 Å². The molecule has 27 heavy (non-hydrogen) atoms. The van der Waals surface area contributed by atoms with E-state index in [1.165, 1.54) is 0 Å². The van der Waals surface area contributed by atoms with Crippen molar-refractivity contribution in [3.8, 4) is 0 Å². The minimum absolute atomic E-state index is 0.0148. The van der Waals surface area contributed by atoms with E-state index in [4.69, 9.17) is 28.2 Å². The van der Waals surface area contributed by atoms with Gasteiger partial charge in [0.15, 0.2) is 5.17 Å². The fraction of sp³-hybridized carbons (Fsp3) is 0.421. The van der Waals surface area contributed by atoms with Crippen molar-refractivity contribution in [2.45, 2.75) is 31.7 Å². The van der Waals surface area contributed by atoms with Gasteiger partial charge in [0.25, 0.3) is 0 Å². The number of aromatic nitrogens is 2. The van der Waals surface area contributed by atoms with Gasteiger partial charge in [0.2, 0.25) is 5.91 Å². The van der Waals surface area contributed by atoms with Gasteiger partial charge >= 0.3 is 0 Å². The number of nitrogens with zero attached hydrogens (tertiary/aromatic N) is 4. The fourth-order valence-corrected chi connectivity index (χ4v) is 5.01. The largest absolute Gasteiger partial charge is 0.287 e. The number of amidine groups is 1. The summed E-state index contributed by atoms with van der Waals surface area (Å²) in [5.74, 6) is 1.31. The minimum atomic E-state index is 0.0148. The third kappa shape index (κ3) is 3.75. The van der Waals surface area contributed by atoms with Crippen LogP contribution in [-0.2, 0) is 11.8 Å². The van der Waals surface area contributed by atoms with Gasteiger partial charge < -0.3 is 0 Å². The number of aliphatic imine (C=N–C) groups is 1. The van der Waals surface area contributed by atoms with Crippen molar-refractivity contribution in [3.05, 3.63) is 46.2 Å². The Bertz CT molecular complexity index is 913. The summed E-state index contributed by atoms with van der Waals surface area (Å²) in [6.07, 6.45) is 5.64. The number of carbonyl (C=O) groups excluding carboxylic acids is 1. The van der Waals surface area contributed by atoms with E-state index in [2.05, 4.69) is 12.0 Å². The van der Waals surface area contributed by atoms with Crippen LogP contribution in [0.4, 0.5) is 5.69 Å². The lowest BCUT2D eigenvalue weighted by atomic mass is 10.1. The van der Waals surface area contributed by atoms with Crippen molar-refractivity contribution in [1.29, 1.82) is 0 Å². The topological polar surface area (TPSA) is 50.5 Å². The molecule has 1 aliphatic heterocycles. The summed E-state index contributed by atoms with van der Waals surface area (Å²) in [4.78, 5) is 19.8. The third-order valence-corrected chi connectivity index (χ3v) is 6.91. The Morgan fingerprint density at radius 3 is 2.85 bits per heavy atom. The summed E-state index contributed by atoms with van der Waals surface area (Å²) in [7, 11) is 1.90. The first-order chi connectivity index (χ1) is 13.0. The standard InChI is InChI=1S/C19H20Cl2N4OS/c1-3-13-10-27-19(23-12-4-5-16(20)17(21)6-12)25(13)18(26)15-7-14(15)11-8-22-24(2)9-11/h4-6,8-9,13-15H,3,7,10H2,1-2H3. The Balaban J connectivity index is 1.57. The Hall–Kier alpha value is -1.50. The first-order valence-electron chi connectivity index (χ1n) is 8.96. The number of halogens is 2. The van der Waals surface area contributed by atoms with Gasteiger partial charge in [-0.15, -0.1) is 0 Å². The normalized spacial score (nSPS) is 26.0. The molecule has 4 rings (SSSR count). The highest BCUT2D eigenvalue weighted by Gasteiger charge is 2.49. The molecule has 1 aromatic heterocycles. The maximum Gasteiger partial charge on any atom is 0.232 e. The Kier molecular flexibility index (Phi) is 5.23. The molecule has 2 aromatic rings. The fourth-order valence-electron chi connectivity index (χ4n) is 3.44. The predicted molar refractivity (Wildman–Crippen MR) is 111 cm³/mol. The van der Waals surface area contributed by atoms with E-state index in [1.807, 2.05) is 30.4 Å². The number of benzene rings is 1. The maximum absolute atomic E-state index is 13.2. The Morgan fingerprint density at radius 1 is 1.37 bits per heavy atom. The van der Waals surface area contributed by atoms with E-state index in [0.29, 0.717) is 15.7 Å². The van der Waals surface area contributed by atoms with Crippen molar-refractivity contribution in [1.82, 2.24) is 14.7 Å². The molecular formula is C19H20Cl2N4OS. The second kappa shape index (κ2) is 7.49. The van der Waals surface area contributed by atoms with Crippen LogP contribution < -0.4 is 0 Å². The van der Waals surface area contributed by atoms with E-state index in [-0.39, 0.29) is 23.8 Å². The van der Waals surface area contributed by atoms with Crippen LogP contribution in [0.3, 0.4) is 0 Å². The summed E-state index contributed by atoms with van der Waals surface area (Å²) >= 11 is 13.7.